The second-order valence-corrected chi connectivity index (χ2v) is 4.20. The molecule has 0 aliphatic carbocycles. The van der Waals surface area contributed by atoms with Gasteiger partial charge in [-0.3, -0.25) is 4.98 Å². The third-order valence-electron chi connectivity index (χ3n) is 3.05. The van der Waals surface area contributed by atoms with Crippen molar-refractivity contribution in [3.63, 3.8) is 0 Å². The molecule has 1 nitrogen and oxygen atoms in total. The van der Waals surface area contributed by atoms with Crippen molar-refractivity contribution in [2.24, 2.45) is 0 Å². The van der Waals surface area contributed by atoms with Crippen molar-refractivity contribution < 1.29 is 0 Å². The zero-order chi connectivity index (χ0) is 11.7. The number of nitrogens with zero attached hydrogens (tertiary/aromatic N) is 1. The quantitative estimate of drug-likeness (QED) is 0.597. The Bertz CT molecular complexity index is 657. The Balaban J connectivity index is 2.39. The molecule has 0 fully saturated rings. The SMILES string of the molecule is Cc1ccc2cccnc2c1-c1ccccc1. The lowest BCUT2D eigenvalue weighted by Crippen LogP contribution is -1.88. The predicted octanol–water partition coefficient (Wildman–Crippen LogP) is 4.21. The van der Waals surface area contributed by atoms with Gasteiger partial charge in [-0.15, -0.1) is 0 Å². The Kier molecular flexibility index (Phi) is 2.37. The van der Waals surface area contributed by atoms with Crippen LogP contribution in [0.2, 0.25) is 0 Å². The summed E-state index contributed by atoms with van der Waals surface area (Å²) >= 11 is 0. The molecular formula is C16H13N. The number of benzene rings is 2. The molecule has 1 heterocycles. The molecular weight excluding hydrogens is 206 g/mol. The monoisotopic (exact) mass is 219 g/mol. The van der Waals surface area contributed by atoms with E-state index in [1.54, 1.807) is 0 Å². The van der Waals surface area contributed by atoms with Gasteiger partial charge in [-0.25, -0.2) is 0 Å². The normalized spacial score (nSPS) is 10.6. The molecule has 1 heteroatoms. The summed E-state index contributed by atoms with van der Waals surface area (Å²) in [5.41, 5.74) is 4.82. The molecule has 82 valence electrons. The number of pyridine rings is 1. The summed E-state index contributed by atoms with van der Waals surface area (Å²) in [7, 11) is 0. The Morgan fingerprint density at radius 1 is 0.824 bits per heavy atom. The first-order valence-corrected chi connectivity index (χ1v) is 5.76. The van der Waals surface area contributed by atoms with Gasteiger partial charge in [0.05, 0.1) is 5.52 Å². The molecule has 0 atom stereocenters. The zero-order valence-electron chi connectivity index (χ0n) is 9.72. The fraction of sp³-hybridized carbons (Fsp3) is 0.0625. The minimum Gasteiger partial charge on any atom is -0.256 e. The molecule has 0 aliphatic rings. The maximum absolute atomic E-state index is 4.52. The highest BCUT2D eigenvalue weighted by Crippen LogP contribution is 2.30. The molecule has 0 spiro atoms. The van der Waals surface area contributed by atoms with E-state index in [2.05, 4.69) is 54.4 Å². The summed E-state index contributed by atoms with van der Waals surface area (Å²) < 4.78 is 0. The number of aryl methyl sites for hydroxylation is 1. The van der Waals surface area contributed by atoms with Crippen LogP contribution in [0.5, 0.6) is 0 Å². The summed E-state index contributed by atoms with van der Waals surface area (Å²) in [5.74, 6) is 0. The van der Waals surface area contributed by atoms with Crippen molar-refractivity contribution in [3.8, 4) is 11.1 Å². The van der Waals surface area contributed by atoms with Crippen molar-refractivity contribution in [1.82, 2.24) is 4.98 Å². The Morgan fingerprint density at radius 2 is 1.65 bits per heavy atom. The molecule has 0 amide bonds. The van der Waals surface area contributed by atoms with Crippen molar-refractivity contribution in [3.05, 3.63) is 66.4 Å². The standard InChI is InChI=1S/C16H13N/c1-12-9-10-14-8-5-11-17-16(14)15(12)13-6-3-2-4-7-13/h2-11H,1H3. The van der Waals surface area contributed by atoms with Crippen LogP contribution in [0.4, 0.5) is 0 Å². The van der Waals surface area contributed by atoms with Gasteiger partial charge in [0.25, 0.3) is 0 Å². The average Bonchev–Trinajstić information content (AvgIpc) is 2.39. The molecule has 17 heavy (non-hydrogen) atoms. The number of hydrogen-bond acceptors (Lipinski definition) is 1. The van der Waals surface area contributed by atoms with Crippen LogP contribution in [0.1, 0.15) is 5.56 Å². The van der Waals surface area contributed by atoms with E-state index >= 15 is 0 Å². The highest BCUT2D eigenvalue weighted by Gasteiger charge is 2.07. The first kappa shape index (κ1) is 10.0. The molecule has 0 N–H and O–H groups in total. The van der Waals surface area contributed by atoms with E-state index in [0.717, 1.165) is 5.52 Å². The third-order valence-corrected chi connectivity index (χ3v) is 3.05. The average molecular weight is 219 g/mol. The number of rotatable bonds is 1. The Hall–Kier alpha value is -2.15. The number of hydrogen-bond donors (Lipinski definition) is 0. The smallest absolute Gasteiger partial charge is 0.0782 e. The van der Waals surface area contributed by atoms with Crippen LogP contribution in [0.15, 0.2) is 60.8 Å². The van der Waals surface area contributed by atoms with E-state index in [-0.39, 0.29) is 0 Å². The van der Waals surface area contributed by atoms with E-state index in [1.165, 1.54) is 22.1 Å². The highest BCUT2D eigenvalue weighted by atomic mass is 14.6. The van der Waals surface area contributed by atoms with Crippen LogP contribution in [0.25, 0.3) is 22.0 Å². The molecule has 0 bridgehead atoms. The molecule has 1 aromatic heterocycles. The van der Waals surface area contributed by atoms with E-state index in [4.69, 9.17) is 0 Å². The van der Waals surface area contributed by atoms with E-state index < -0.39 is 0 Å². The minimum atomic E-state index is 1.08. The van der Waals surface area contributed by atoms with Gasteiger partial charge in [0, 0.05) is 17.1 Å². The van der Waals surface area contributed by atoms with E-state index in [0.29, 0.717) is 0 Å². The zero-order valence-corrected chi connectivity index (χ0v) is 9.72. The van der Waals surface area contributed by atoms with Crippen molar-refractivity contribution >= 4 is 10.9 Å². The predicted molar refractivity (Wildman–Crippen MR) is 71.9 cm³/mol. The largest absolute Gasteiger partial charge is 0.256 e. The van der Waals surface area contributed by atoms with Crippen LogP contribution in [0.3, 0.4) is 0 Å². The van der Waals surface area contributed by atoms with Gasteiger partial charge in [0.2, 0.25) is 0 Å². The summed E-state index contributed by atoms with van der Waals surface area (Å²) in [5, 5.41) is 1.19. The number of fused-ring (bicyclic) bond motifs is 1. The summed E-state index contributed by atoms with van der Waals surface area (Å²) in [6.45, 7) is 2.14. The lowest BCUT2D eigenvalue weighted by Gasteiger charge is -2.09. The molecule has 0 saturated heterocycles. The van der Waals surface area contributed by atoms with Crippen LogP contribution in [-0.2, 0) is 0 Å². The second kappa shape index (κ2) is 4.02. The van der Waals surface area contributed by atoms with Gasteiger partial charge in [0.15, 0.2) is 0 Å². The maximum Gasteiger partial charge on any atom is 0.0782 e. The summed E-state index contributed by atoms with van der Waals surface area (Å²) in [6, 6.07) is 18.8. The van der Waals surface area contributed by atoms with Gasteiger partial charge in [-0.1, -0.05) is 48.5 Å². The topological polar surface area (TPSA) is 12.9 Å². The highest BCUT2D eigenvalue weighted by molar-refractivity contribution is 5.95. The van der Waals surface area contributed by atoms with Crippen LogP contribution in [-0.4, -0.2) is 4.98 Å². The van der Waals surface area contributed by atoms with Crippen LogP contribution in [0, 0.1) is 6.92 Å². The molecule has 0 unspecified atom stereocenters. The lowest BCUT2D eigenvalue weighted by molar-refractivity contribution is 1.38. The van der Waals surface area contributed by atoms with Gasteiger partial charge in [0.1, 0.15) is 0 Å². The maximum atomic E-state index is 4.52. The van der Waals surface area contributed by atoms with Crippen molar-refractivity contribution in [2.45, 2.75) is 6.92 Å². The lowest BCUT2D eigenvalue weighted by atomic mass is 9.97. The van der Waals surface area contributed by atoms with Crippen LogP contribution >= 0.6 is 0 Å². The van der Waals surface area contributed by atoms with Crippen LogP contribution < -0.4 is 0 Å². The first-order chi connectivity index (χ1) is 8.36. The molecule has 2 aromatic carbocycles. The fourth-order valence-electron chi connectivity index (χ4n) is 2.22. The summed E-state index contributed by atoms with van der Waals surface area (Å²) in [4.78, 5) is 4.52. The third kappa shape index (κ3) is 1.70. The molecule has 0 radical (unpaired) electrons. The van der Waals surface area contributed by atoms with Gasteiger partial charge in [-0.05, 0) is 24.1 Å². The minimum absolute atomic E-state index is 1.08. The van der Waals surface area contributed by atoms with Gasteiger partial charge in [-0.2, -0.15) is 0 Å². The first-order valence-electron chi connectivity index (χ1n) is 5.76. The summed E-state index contributed by atoms with van der Waals surface area (Å²) in [6.07, 6.45) is 1.86. The fourth-order valence-corrected chi connectivity index (χ4v) is 2.22. The van der Waals surface area contributed by atoms with Gasteiger partial charge >= 0.3 is 0 Å². The molecule has 0 aliphatic heterocycles. The van der Waals surface area contributed by atoms with Crippen molar-refractivity contribution in [1.29, 1.82) is 0 Å². The Labute approximate surface area is 101 Å². The molecule has 3 aromatic rings. The number of aromatic nitrogens is 1. The molecule has 0 saturated carbocycles. The van der Waals surface area contributed by atoms with Crippen molar-refractivity contribution in [2.75, 3.05) is 0 Å². The van der Waals surface area contributed by atoms with E-state index in [1.807, 2.05) is 18.3 Å². The Morgan fingerprint density at radius 3 is 2.47 bits per heavy atom. The molecule has 3 rings (SSSR count). The second-order valence-electron chi connectivity index (χ2n) is 4.20. The van der Waals surface area contributed by atoms with E-state index in [9.17, 15) is 0 Å². The van der Waals surface area contributed by atoms with Gasteiger partial charge < -0.3 is 0 Å².